The Labute approximate surface area is 279 Å². The van der Waals surface area contributed by atoms with E-state index in [2.05, 4.69) is 10.3 Å². The normalized spacial score (nSPS) is 30.4. The number of amides is 1. The van der Waals surface area contributed by atoms with Crippen molar-refractivity contribution in [3.8, 4) is 11.3 Å². The fraction of sp³-hybridized carbons (Fsp3) is 0.719. The summed E-state index contributed by atoms with van der Waals surface area (Å²) < 4.78 is 82.8. The molecule has 0 radical (unpaired) electrons. The topological polar surface area (TPSA) is 130 Å². The van der Waals surface area contributed by atoms with Gasteiger partial charge in [-0.25, -0.2) is 26.6 Å². The van der Waals surface area contributed by atoms with Crippen molar-refractivity contribution in [2.75, 3.05) is 26.8 Å². The first-order valence-electron chi connectivity index (χ1n) is 16.4. The molecule has 2 saturated carbocycles. The van der Waals surface area contributed by atoms with Crippen molar-refractivity contribution in [2.24, 2.45) is 5.41 Å². The first-order valence-corrected chi connectivity index (χ1v) is 17.3. The van der Waals surface area contributed by atoms with E-state index in [4.69, 9.17) is 9.47 Å². The molecule has 266 valence electrons. The number of rotatable bonds is 8. The second kappa shape index (κ2) is 13.7. The predicted molar refractivity (Wildman–Crippen MR) is 163 cm³/mol. The molecule has 48 heavy (non-hydrogen) atoms. The lowest BCUT2D eigenvalue weighted by molar-refractivity contribution is -0.186. The third-order valence-electron chi connectivity index (χ3n) is 10.8. The van der Waals surface area contributed by atoms with Crippen LogP contribution in [0.5, 0.6) is 0 Å². The van der Waals surface area contributed by atoms with Crippen molar-refractivity contribution < 1.29 is 51.5 Å². The van der Waals surface area contributed by atoms with E-state index in [1.165, 1.54) is 22.9 Å². The second-order valence-corrected chi connectivity index (χ2v) is 15.0. The van der Waals surface area contributed by atoms with Gasteiger partial charge in [0.05, 0.1) is 18.4 Å². The van der Waals surface area contributed by atoms with Gasteiger partial charge < -0.3 is 29.7 Å². The van der Waals surface area contributed by atoms with Gasteiger partial charge in [0.25, 0.3) is 5.92 Å². The molecule has 3 N–H and O–H groups in total. The highest BCUT2D eigenvalue weighted by molar-refractivity contribution is 8.01. The Morgan fingerprint density at radius 1 is 1.06 bits per heavy atom. The molecule has 1 amide bonds. The molecule has 2 saturated heterocycles. The summed E-state index contributed by atoms with van der Waals surface area (Å²) in [6, 6.07) is 0.397. The standard InChI is InChI=1S/C32H41F5N4O6S/c1-46-26-24(41-16-21(38-39-41)18-14-19(33)23(35)20(34)15-18)25(43)22(17-42)47-29(26)48-27(28(44)40-12-10-32(36,37)11-13-40)31(45)8-6-30(7-9-31)4-2-3-5-30/h14-16,22,24-27,29,42-43,45H,2-13,17H2,1H3/t22-,24+,25+,26-,27-,29+/m1/s1. The number of benzene rings is 1. The Kier molecular flexibility index (Phi) is 10.2. The number of halogens is 5. The number of aromatic nitrogens is 3. The van der Waals surface area contributed by atoms with Crippen molar-refractivity contribution in [3.63, 3.8) is 0 Å². The van der Waals surface area contributed by atoms with Crippen LogP contribution in [0.25, 0.3) is 11.3 Å². The zero-order valence-electron chi connectivity index (χ0n) is 26.5. The molecule has 2 aromatic rings. The maximum Gasteiger partial charge on any atom is 0.251 e. The monoisotopic (exact) mass is 704 g/mol. The van der Waals surface area contributed by atoms with Crippen LogP contribution in [-0.4, -0.2) is 108 Å². The number of ether oxygens (including phenoxy) is 2. The lowest BCUT2D eigenvalue weighted by Crippen LogP contribution is -2.59. The number of piperidine rings is 1. The number of nitrogens with zero attached hydrogens (tertiary/aromatic N) is 4. The van der Waals surface area contributed by atoms with Crippen LogP contribution in [0, 0.1) is 22.9 Å². The van der Waals surface area contributed by atoms with Gasteiger partial charge in [0, 0.05) is 38.6 Å². The predicted octanol–water partition coefficient (Wildman–Crippen LogP) is 4.22. The molecule has 2 aliphatic heterocycles. The Morgan fingerprint density at radius 3 is 2.27 bits per heavy atom. The SMILES string of the molecule is CO[C@@H]1[C@@H](n2cc(-c3cc(F)c(F)c(F)c3)nn2)[C@@H](O)[C@@H](CO)O[C@H]1S[C@H](C(=O)N1CCC(F)(F)CC1)C1(O)CCC2(CCCC2)CC1. The summed E-state index contributed by atoms with van der Waals surface area (Å²) in [6.07, 6.45) is 3.03. The summed E-state index contributed by atoms with van der Waals surface area (Å²) in [5.41, 5.74) is -2.62. The molecule has 0 unspecified atom stereocenters. The largest absolute Gasteiger partial charge is 0.394 e. The first-order chi connectivity index (χ1) is 22.8. The fourth-order valence-electron chi connectivity index (χ4n) is 7.85. The molecular formula is C32H41F5N4O6S. The molecule has 1 aromatic heterocycles. The third kappa shape index (κ3) is 6.84. The van der Waals surface area contributed by atoms with Crippen LogP contribution in [0.3, 0.4) is 0 Å². The van der Waals surface area contributed by atoms with Gasteiger partial charge >= 0.3 is 0 Å². The summed E-state index contributed by atoms with van der Waals surface area (Å²) in [7, 11) is 1.34. The lowest BCUT2D eigenvalue weighted by atomic mass is 9.66. The van der Waals surface area contributed by atoms with E-state index in [1.807, 2.05) is 0 Å². The molecular weight excluding hydrogens is 663 g/mol. The molecule has 2 aliphatic carbocycles. The molecule has 4 aliphatic rings. The molecule has 4 fully saturated rings. The average Bonchev–Trinajstić information content (AvgIpc) is 3.74. The molecule has 3 heterocycles. The molecule has 6 rings (SSSR count). The van der Waals surface area contributed by atoms with Crippen LogP contribution in [0.1, 0.15) is 70.3 Å². The second-order valence-electron chi connectivity index (χ2n) is 13.8. The van der Waals surface area contributed by atoms with E-state index in [0.717, 1.165) is 62.4 Å². The zero-order valence-corrected chi connectivity index (χ0v) is 27.4. The number of aliphatic hydroxyl groups is 3. The van der Waals surface area contributed by atoms with E-state index in [1.54, 1.807) is 0 Å². The number of likely N-dealkylation sites (tertiary alicyclic amines) is 1. The number of thioether (sulfide) groups is 1. The van der Waals surface area contributed by atoms with Crippen LogP contribution >= 0.6 is 11.8 Å². The van der Waals surface area contributed by atoms with E-state index >= 15 is 0 Å². The molecule has 1 spiro atoms. The van der Waals surface area contributed by atoms with Crippen molar-refractivity contribution in [2.45, 2.75) is 111 Å². The third-order valence-corrected chi connectivity index (χ3v) is 12.4. The van der Waals surface area contributed by atoms with Gasteiger partial charge in [-0.05, 0) is 56.1 Å². The molecule has 0 bridgehead atoms. The quantitative estimate of drug-likeness (QED) is 0.273. The highest BCUT2D eigenvalue weighted by atomic mass is 32.2. The molecule has 1 aromatic carbocycles. The summed E-state index contributed by atoms with van der Waals surface area (Å²) >= 11 is 0.964. The van der Waals surface area contributed by atoms with Crippen molar-refractivity contribution in [1.29, 1.82) is 0 Å². The van der Waals surface area contributed by atoms with Gasteiger partial charge in [-0.1, -0.05) is 18.1 Å². The molecule has 16 heteroatoms. The Bertz CT molecular complexity index is 1440. The maximum atomic E-state index is 14.2. The van der Waals surface area contributed by atoms with Gasteiger partial charge in [0.2, 0.25) is 5.91 Å². The molecule has 6 atom stereocenters. The minimum atomic E-state index is -2.89. The van der Waals surface area contributed by atoms with E-state index in [0.29, 0.717) is 12.8 Å². The van der Waals surface area contributed by atoms with Gasteiger partial charge in [-0.2, -0.15) is 0 Å². The van der Waals surface area contributed by atoms with Crippen molar-refractivity contribution in [3.05, 3.63) is 35.8 Å². The van der Waals surface area contributed by atoms with Crippen LogP contribution in [-0.2, 0) is 14.3 Å². The summed E-state index contributed by atoms with van der Waals surface area (Å²) in [5.74, 6) is -7.87. The average molecular weight is 705 g/mol. The van der Waals surface area contributed by atoms with Gasteiger partial charge in [0.1, 0.15) is 40.7 Å². The smallest absolute Gasteiger partial charge is 0.251 e. The van der Waals surface area contributed by atoms with E-state index in [-0.39, 0.29) is 29.8 Å². The minimum Gasteiger partial charge on any atom is -0.394 e. The number of hydrogen-bond acceptors (Lipinski definition) is 9. The lowest BCUT2D eigenvalue weighted by Gasteiger charge is -2.49. The number of carbonyl (C=O) groups excluding carboxylic acids is 1. The van der Waals surface area contributed by atoms with Crippen LogP contribution in [0.4, 0.5) is 22.0 Å². The fourth-order valence-corrected chi connectivity index (χ4v) is 9.51. The first kappa shape index (κ1) is 35.5. The summed E-state index contributed by atoms with van der Waals surface area (Å²) in [6.45, 7) is -0.988. The highest BCUT2D eigenvalue weighted by Crippen LogP contribution is 2.54. The number of aliphatic hydroxyl groups excluding tert-OH is 2. The number of carbonyl (C=O) groups is 1. The summed E-state index contributed by atoms with van der Waals surface area (Å²) in [5, 5.41) is 40.5. The van der Waals surface area contributed by atoms with Crippen LogP contribution in [0.2, 0.25) is 0 Å². The number of alkyl halides is 2. The Morgan fingerprint density at radius 2 is 1.69 bits per heavy atom. The van der Waals surface area contributed by atoms with Crippen LogP contribution in [0.15, 0.2) is 18.3 Å². The van der Waals surface area contributed by atoms with E-state index < -0.39 is 89.4 Å². The molecule has 10 nitrogen and oxygen atoms in total. The van der Waals surface area contributed by atoms with Gasteiger partial charge in [0.15, 0.2) is 17.5 Å². The Hall–Kier alpha value is -2.37. The minimum absolute atomic E-state index is 0.0431. The number of methoxy groups -OCH3 is 1. The zero-order chi connectivity index (χ0) is 34.4. The van der Waals surface area contributed by atoms with Gasteiger partial charge in [-0.15, -0.1) is 16.9 Å². The number of hydrogen-bond donors (Lipinski definition) is 3. The van der Waals surface area contributed by atoms with Crippen LogP contribution < -0.4 is 0 Å². The van der Waals surface area contributed by atoms with E-state index in [9.17, 15) is 42.1 Å². The van der Waals surface area contributed by atoms with Gasteiger partial charge in [-0.3, -0.25) is 4.79 Å². The van der Waals surface area contributed by atoms with Crippen molar-refractivity contribution in [1.82, 2.24) is 19.9 Å². The van der Waals surface area contributed by atoms with Crippen molar-refractivity contribution >= 4 is 17.7 Å². The highest BCUT2D eigenvalue weighted by Gasteiger charge is 2.55. The summed E-state index contributed by atoms with van der Waals surface area (Å²) in [4.78, 5) is 15.6. The maximum absolute atomic E-state index is 14.2. The Balaban J connectivity index is 1.30.